The molecule has 0 radical (unpaired) electrons. The van der Waals surface area contributed by atoms with Crippen LogP contribution >= 0.6 is 0 Å². The lowest BCUT2D eigenvalue weighted by molar-refractivity contribution is -0.121. The molecule has 1 fully saturated rings. The number of anilines is 1. The average molecular weight is 256 g/mol. The van der Waals surface area contributed by atoms with Crippen LogP contribution in [0.3, 0.4) is 0 Å². The van der Waals surface area contributed by atoms with Gasteiger partial charge >= 0.3 is 0 Å². The molecule has 5 heteroatoms. The number of aromatic nitrogens is 3. The molecule has 1 heterocycles. The van der Waals surface area contributed by atoms with E-state index in [2.05, 4.69) is 20.5 Å². The molecule has 98 valence electrons. The summed E-state index contributed by atoms with van der Waals surface area (Å²) in [5.74, 6) is 0.417. The van der Waals surface area contributed by atoms with Crippen molar-refractivity contribution in [2.75, 3.05) is 5.32 Å². The van der Waals surface area contributed by atoms with E-state index in [1.54, 1.807) is 0 Å². The minimum atomic E-state index is -0.423. The van der Waals surface area contributed by atoms with Crippen LogP contribution in [0.5, 0.6) is 0 Å². The fourth-order valence-corrected chi connectivity index (χ4v) is 2.88. The van der Waals surface area contributed by atoms with Gasteiger partial charge in [0.1, 0.15) is 6.33 Å². The maximum Gasteiger partial charge on any atom is 0.237 e. The third kappa shape index (κ3) is 2.12. The summed E-state index contributed by atoms with van der Waals surface area (Å²) >= 11 is 0. The Hall–Kier alpha value is -2.17. The molecule has 2 N–H and O–H groups in total. The number of carbonyl (C=O) groups excluding carboxylic acids is 1. The van der Waals surface area contributed by atoms with E-state index in [4.69, 9.17) is 0 Å². The highest BCUT2D eigenvalue weighted by Crippen LogP contribution is 2.41. The number of aromatic amines is 1. The van der Waals surface area contributed by atoms with Gasteiger partial charge in [-0.15, -0.1) is 0 Å². The Morgan fingerprint density at radius 3 is 2.58 bits per heavy atom. The first-order valence-corrected chi connectivity index (χ1v) is 6.54. The molecule has 0 spiro atoms. The smallest absolute Gasteiger partial charge is 0.237 e. The predicted molar refractivity (Wildman–Crippen MR) is 71.6 cm³/mol. The standard InChI is InChI=1S/C14H16N4O/c19-12(17-13-15-10-16-18-13)14(8-4-5-9-14)11-6-2-1-3-7-11/h1-3,6-7,10H,4-5,8-9H2,(H2,15,16,17,18,19). The zero-order chi connectivity index (χ0) is 13.1. The van der Waals surface area contributed by atoms with Gasteiger partial charge in [-0.1, -0.05) is 43.2 Å². The molecule has 0 unspecified atom stereocenters. The third-order valence-electron chi connectivity index (χ3n) is 3.87. The first-order chi connectivity index (χ1) is 9.31. The SMILES string of the molecule is O=C(Nc1ncn[nH]1)C1(c2ccccc2)CCCC1. The number of rotatable bonds is 3. The minimum absolute atomic E-state index is 0.00736. The highest BCUT2D eigenvalue weighted by molar-refractivity contribution is 5.98. The van der Waals surface area contributed by atoms with E-state index in [0.29, 0.717) is 5.95 Å². The van der Waals surface area contributed by atoms with Gasteiger partial charge in [0.05, 0.1) is 5.41 Å². The van der Waals surface area contributed by atoms with Crippen LogP contribution in [0, 0.1) is 0 Å². The van der Waals surface area contributed by atoms with Gasteiger partial charge in [0.15, 0.2) is 0 Å². The zero-order valence-corrected chi connectivity index (χ0v) is 10.6. The Morgan fingerprint density at radius 2 is 1.95 bits per heavy atom. The van der Waals surface area contributed by atoms with Gasteiger partial charge in [-0.2, -0.15) is 10.1 Å². The van der Waals surface area contributed by atoms with E-state index in [-0.39, 0.29) is 5.91 Å². The molecular formula is C14H16N4O. The monoisotopic (exact) mass is 256 g/mol. The first kappa shape index (κ1) is 11.9. The molecule has 0 saturated heterocycles. The Morgan fingerprint density at radius 1 is 1.21 bits per heavy atom. The van der Waals surface area contributed by atoms with Crippen LogP contribution in [0.1, 0.15) is 31.2 Å². The maximum atomic E-state index is 12.6. The molecule has 0 atom stereocenters. The van der Waals surface area contributed by atoms with Crippen molar-refractivity contribution in [1.82, 2.24) is 15.2 Å². The van der Waals surface area contributed by atoms with E-state index in [1.165, 1.54) is 6.33 Å². The van der Waals surface area contributed by atoms with Crippen LogP contribution < -0.4 is 5.32 Å². The van der Waals surface area contributed by atoms with Crippen molar-refractivity contribution in [2.24, 2.45) is 0 Å². The van der Waals surface area contributed by atoms with Crippen LogP contribution in [0.15, 0.2) is 36.7 Å². The summed E-state index contributed by atoms with van der Waals surface area (Å²) in [6, 6.07) is 10.0. The van der Waals surface area contributed by atoms with E-state index >= 15 is 0 Å². The molecule has 19 heavy (non-hydrogen) atoms. The molecule has 1 aliphatic rings. The summed E-state index contributed by atoms with van der Waals surface area (Å²) in [5.41, 5.74) is 0.665. The molecular weight excluding hydrogens is 240 g/mol. The lowest BCUT2D eigenvalue weighted by Crippen LogP contribution is -2.38. The van der Waals surface area contributed by atoms with Gasteiger partial charge in [-0.3, -0.25) is 10.1 Å². The quantitative estimate of drug-likeness (QED) is 0.884. The number of hydrogen-bond acceptors (Lipinski definition) is 3. The predicted octanol–water partition coefficient (Wildman–Crippen LogP) is 2.26. The molecule has 1 aliphatic carbocycles. The van der Waals surface area contributed by atoms with E-state index < -0.39 is 5.41 Å². The van der Waals surface area contributed by atoms with Crippen molar-refractivity contribution in [3.63, 3.8) is 0 Å². The second kappa shape index (κ2) is 4.84. The molecule has 1 aromatic heterocycles. The molecule has 0 aliphatic heterocycles. The summed E-state index contributed by atoms with van der Waals surface area (Å²) < 4.78 is 0. The Labute approximate surface area is 111 Å². The number of nitrogens with one attached hydrogen (secondary N) is 2. The molecule has 1 aromatic carbocycles. The maximum absolute atomic E-state index is 12.6. The highest BCUT2D eigenvalue weighted by Gasteiger charge is 2.42. The summed E-state index contributed by atoms with van der Waals surface area (Å²) in [7, 11) is 0. The number of carbonyl (C=O) groups is 1. The van der Waals surface area contributed by atoms with Crippen molar-refractivity contribution < 1.29 is 4.79 Å². The van der Waals surface area contributed by atoms with Gasteiger partial charge in [0.25, 0.3) is 0 Å². The summed E-state index contributed by atoms with van der Waals surface area (Å²) in [4.78, 5) is 16.6. The van der Waals surface area contributed by atoms with Crippen molar-refractivity contribution in [2.45, 2.75) is 31.1 Å². The van der Waals surface area contributed by atoms with Crippen molar-refractivity contribution in [1.29, 1.82) is 0 Å². The number of amides is 1. The van der Waals surface area contributed by atoms with Crippen LogP contribution in [-0.2, 0) is 10.2 Å². The lowest BCUT2D eigenvalue weighted by Gasteiger charge is -2.27. The highest BCUT2D eigenvalue weighted by atomic mass is 16.2. The van der Waals surface area contributed by atoms with Crippen molar-refractivity contribution in [3.05, 3.63) is 42.2 Å². The number of hydrogen-bond donors (Lipinski definition) is 2. The Bertz CT molecular complexity index is 544. The van der Waals surface area contributed by atoms with Crippen molar-refractivity contribution in [3.8, 4) is 0 Å². The van der Waals surface area contributed by atoms with E-state index in [1.807, 2.05) is 30.3 Å². The fraction of sp³-hybridized carbons (Fsp3) is 0.357. The Balaban J connectivity index is 1.90. The summed E-state index contributed by atoms with van der Waals surface area (Å²) in [5, 5.41) is 9.25. The van der Waals surface area contributed by atoms with Crippen LogP contribution in [0.4, 0.5) is 5.95 Å². The number of nitrogens with zero attached hydrogens (tertiary/aromatic N) is 2. The topological polar surface area (TPSA) is 70.7 Å². The number of benzene rings is 1. The molecule has 1 saturated carbocycles. The second-order valence-corrected chi connectivity index (χ2v) is 4.94. The van der Waals surface area contributed by atoms with Crippen molar-refractivity contribution >= 4 is 11.9 Å². The molecule has 2 aromatic rings. The van der Waals surface area contributed by atoms with Gasteiger partial charge in [-0.25, -0.2) is 5.10 Å². The minimum Gasteiger partial charge on any atom is -0.294 e. The van der Waals surface area contributed by atoms with Gasteiger partial charge in [-0.05, 0) is 18.4 Å². The summed E-state index contributed by atoms with van der Waals surface area (Å²) in [6.07, 6.45) is 5.32. The van der Waals surface area contributed by atoms with E-state index in [0.717, 1.165) is 31.2 Å². The summed E-state index contributed by atoms with van der Waals surface area (Å²) in [6.45, 7) is 0. The Kier molecular flexibility index (Phi) is 3.03. The molecule has 0 bridgehead atoms. The first-order valence-electron chi connectivity index (χ1n) is 6.54. The average Bonchev–Trinajstić information content (AvgIpc) is 3.11. The van der Waals surface area contributed by atoms with E-state index in [9.17, 15) is 4.79 Å². The molecule has 1 amide bonds. The largest absolute Gasteiger partial charge is 0.294 e. The van der Waals surface area contributed by atoms with Crippen LogP contribution in [0.25, 0.3) is 0 Å². The fourth-order valence-electron chi connectivity index (χ4n) is 2.88. The number of H-pyrrole nitrogens is 1. The third-order valence-corrected chi connectivity index (χ3v) is 3.87. The second-order valence-electron chi connectivity index (χ2n) is 4.94. The van der Waals surface area contributed by atoms with Gasteiger partial charge < -0.3 is 0 Å². The molecule has 3 rings (SSSR count). The van der Waals surface area contributed by atoms with Crippen LogP contribution in [-0.4, -0.2) is 21.1 Å². The normalized spacial score (nSPS) is 17.3. The lowest BCUT2D eigenvalue weighted by atomic mass is 9.78. The van der Waals surface area contributed by atoms with Gasteiger partial charge in [0, 0.05) is 0 Å². The zero-order valence-electron chi connectivity index (χ0n) is 10.6. The molecule has 5 nitrogen and oxygen atoms in total. The van der Waals surface area contributed by atoms with Gasteiger partial charge in [0.2, 0.25) is 11.9 Å². The van der Waals surface area contributed by atoms with Crippen LogP contribution in [0.2, 0.25) is 0 Å².